The summed E-state index contributed by atoms with van der Waals surface area (Å²) in [5, 5.41) is 0. The molecule has 3 aromatic rings. The second-order valence-corrected chi connectivity index (χ2v) is 9.44. The van der Waals surface area contributed by atoms with E-state index >= 15 is 4.39 Å². The van der Waals surface area contributed by atoms with Gasteiger partial charge in [-0.15, -0.1) is 0 Å². The minimum atomic E-state index is -0.830. The highest BCUT2D eigenvalue weighted by molar-refractivity contribution is 5.74. The van der Waals surface area contributed by atoms with Crippen molar-refractivity contribution in [3.8, 4) is 22.3 Å². The second kappa shape index (κ2) is 11.6. The van der Waals surface area contributed by atoms with Crippen molar-refractivity contribution >= 4 is 5.57 Å². The van der Waals surface area contributed by atoms with Gasteiger partial charge in [0.15, 0.2) is 11.6 Å². The molecule has 0 aromatic heterocycles. The maximum Gasteiger partial charge on any atom is 0.166 e. The Hall–Kier alpha value is -3.07. The molecule has 0 saturated heterocycles. The lowest BCUT2D eigenvalue weighted by Gasteiger charge is -2.22. The van der Waals surface area contributed by atoms with Gasteiger partial charge in [-0.25, -0.2) is 13.2 Å². The molecule has 0 saturated carbocycles. The summed E-state index contributed by atoms with van der Waals surface area (Å²) in [6, 6.07) is 15.7. The van der Waals surface area contributed by atoms with E-state index < -0.39 is 11.6 Å². The van der Waals surface area contributed by atoms with Gasteiger partial charge in [0.25, 0.3) is 0 Å². The van der Waals surface area contributed by atoms with E-state index in [-0.39, 0.29) is 11.4 Å². The highest BCUT2D eigenvalue weighted by atomic mass is 19.2. The third-order valence-electron chi connectivity index (χ3n) is 7.03. The minimum absolute atomic E-state index is 0.220. The van der Waals surface area contributed by atoms with Crippen LogP contribution in [-0.4, -0.2) is 0 Å². The fraction of sp³-hybridized carbons (Fsp3) is 0.312. The Morgan fingerprint density at radius 3 is 2.17 bits per heavy atom. The molecule has 1 aliphatic rings. The summed E-state index contributed by atoms with van der Waals surface area (Å²) in [4.78, 5) is 0. The summed E-state index contributed by atoms with van der Waals surface area (Å²) in [5.41, 5.74) is 4.56. The molecular weight excluding hydrogens is 441 g/mol. The Morgan fingerprint density at radius 1 is 0.857 bits per heavy atom. The molecule has 4 rings (SSSR count). The largest absolute Gasteiger partial charge is 0.206 e. The van der Waals surface area contributed by atoms with Gasteiger partial charge in [-0.05, 0) is 85.3 Å². The SMILES string of the molecule is CC=CCCC1CC=C(c2ccc(-c3ccc(-c4ccc(CCC)c(F)c4F)cc3)c(F)c2)CC1. The Labute approximate surface area is 207 Å². The average molecular weight is 475 g/mol. The first-order chi connectivity index (χ1) is 17.0. The smallest absolute Gasteiger partial charge is 0.166 e. The molecule has 0 bridgehead atoms. The lowest BCUT2D eigenvalue weighted by Crippen LogP contribution is -2.05. The third kappa shape index (κ3) is 5.78. The van der Waals surface area contributed by atoms with Crippen LogP contribution >= 0.6 is 0 Å². The Bertz CT molecular complexity index is 1220. The van der Waals surface area contributed by atoms with Crippen LogP contribution in [-0.2, 0) is 6.42 Å². The van der Waals surface area contributed by atoms with Crippen molar-refractivity contribution in [1.82, 2.24) is 0 Å². The minimum Gasteiger partial charge on any atom is -0.206 e. The predicted molar refractivity (Wildman–Crippen MR) is 141 cm³/mol. The molecular formula is C32H33F3. The highest BCUT2D eigenvalue weighted by Gasteiger charge is 2.17. The van der Waals surface area contributed by atoms with Crippen LogP contribution in [0.5, 0.6) is 0 Å². The van der Waals surface area contributed by atoms with Crippen LogP contribution in [0.3, 0.4) is 0 Å². The van der Waals surface area contributed by atoms with Crippen molar-refractivity contribution in [3.63, 3.8) is 0 Å². The fourth-order valence-corrected chi connectivity index (χ4v) is 4.96. The normalized spacial score (nSPS) is 16.0. The summed E-state index contributed by atoms with van der Waals surface area (Å²) in [6.45, 7) is 3.99. The van der Waals surface area contributed by atoms with Gasteiger partial charge in [0, 0.05) is 11.1 Å². The number of benzene rings is 3. The lowest BCUT2D eigenvalue weighted by atomic mass is 9.84. The van der Waals surface area contributed by atoms with Gasteiger partial charge in [-0.2, -0.15) is 0 Å². The maximum absolute atomic E-state index is 15.1. The van der Waals surface area contributed by atoms with Crippen molar-refractivity contribution < 1.29 is 13.2 Å². The molecule has 3 heteroatoms. The van der Waals surface area contributed by atoms with Crippen molar-refractivity contribution in [2.45, 2.75) is 58.8 Å². The monoisotopic (exact) mass is 474 g/mol. The number of hydrogen-bond acceptors (Lipinski definition) is 0. The molecule has 182 valence electrons. The Balaban J connectivity index is 1.49. The zero-order chi connectivity index (χ0) is 24.8. The molecule has 0 fully saturated rings. The highest BCUT2D eigenvalue weighted by Crippen LogP contribution is 2.35. The zero-order valence-corrected chi connectivity index (χ0v) is 20.6. The molecule has 1 atom stereocenters. The molecule has 0 radical (unpaired) electrons. The first-order valence-electron chi connectivity index (χ1n) is 12.7. The molecule has 35 heavy (non-hydrogen) atoms. The summed E-state index contributed by atoms with van der Waals surface area (Å²) in [5.74, 6) is -1.17. The molecule has 0 amide bonds. The first-order valence-corrected chi connectivity index (χ1v) is 12.7. The van der Waals surface area contributed by atoms with Crippen molar-refractivity contribution in [1.29, 1.82) is 0 Å². The quantitative estimate of drug-likeness (QED) is 0.285. The number of allylic oxidation sites excluding steroid dienone is 4. The maximum atomic E-state index is 15.1. The Kier molecular flexibility index (Phi) is 8.28. The van der Waals surface area contributed by atoms with Gasteiger partial charge in [0.1, 0.15) is 5.82 Å². The van der Waals surface area contributed by atoms with Crippen LogP contribution in [0.1, 0.15) is 63.5 Å². The van der Waals surface area contributed by atoms with Crippen molar-refractivity contribution in [3.05, 3.63) is 101 Å². The summed E-state index contributed by atoms with van der Waals surface area (Å²) < 4.78 is 44.1. The van der Waals surface area contributed by atoms with E-state index in [9.17, 15) is 8.78 Å². The second-order valence-electron chi connectivity index (χ2n) is 9.44. The van der Waals surface area contributed by atoms with Crippen LogP contribution in [0.2, 0.25) is 0 Å². The zero-order valence-electron chi connectivity index (χ0n) is 20.6. The standard InChI is InChI=1S/C32H33F3/c1-3-5-6-8-22-9-11-23(12-10-22)27-18-19-28(30(33)21-27)24-13-15-25(16-14-24)29-20-17-26(7-4-2)31(34)32(29)35/h3,5,11,13-22H,4,6-10,12H2,1-2H3. The first kappa shape index (κ1) is 25.0. The van der Waals surface area contributed by atoms with Gasteiger partial charge in [-0.1, -0.05) is 80.1 Å². The van der Waals surface area contributed by atoms with Crippen LogP contribution in [0.25, 0.3) is 27.8 Å². The van der Waals surface area contributed by atoms with Gasteiger partial charge >= 0.3 is 0 Å². The number of rotatable bonds is 8. The van der Waals surface area contributed by atoms with Gasteiger partial charge < -0.3 is 0 Å². The fourth-order valence-electron chi connectivity index (χ4n) is 4.96. The van der Waals surface area contributed by atoms with Crippen LogP contribution in [0.4, 0.5) is 13.2 Å². The van der Waals surface area contributed by atoms with Crippen molar-refractivity contribution in [2.75, 3.05) is 0 Å². The van der Waals surface area contributed by atoms with Crippen LogP contribution < -0.4 is 0 Å². The van der Waals surface area contributed by atoms with E-state index in [1.54, 1.807) is 42.5 Å². The van der Waals surface area contributed by atoms with E-state index in [2.05, 4.69) is 25.2 Å². The average Bonchev–Trinajstić information content (AvgIpc) is 2.88. The lowest BCUT2D eigenvalue weighted by molar-refractivity contribution is 0.454. The van der Waals surface area contributed by atoms with E-state index in [1.165, 1.54) is 12.0 Å². The molecule has 1 unspecified atom stereocenters. The number of hydrogen-bond donors (Lipinski definition) is 0. The Morgan fingerprint density at radius 2 is 1.54 bits per heavy atom. The summed E-state index contributed by atoms with van der Waals surface area (Å²) in [6.07, 6.45) is 13.4. The van der Waals surface area contributed by atoms with Gasteiger partial charge in [0.05, 0.1) is 0 Å². The van der Waals surface area contributed by atoms with E-state index in [0.717, 1.165) is 37.7 Å². The van der Waals surface area contributed by atoms with E-state index in [0.29, 0.717) is 34.6 Å². The molecule has 0 nitrogen and oxygen atoms in total. The van der Waals surface area contributed by atoms with E-state index in [1.807, 2.05) is 19.1 Å². The molecule has 1 aliphatic carbocycles. The van der Waals surface area contributed by atoms with Crippen LogP contribution in [0, 0.1) is 23.4 Å². The molecule has 3 aromatic carbocycles. The van der Waals surface area contributed by atoms with Crippen molar-refractivity contribution in [2.24, 2.45) is 5.92 Å². The molecule has 0 heterocycles. The van der Waals surface area contributed by atoms with Gasteiger partial charge in [-0.3, -0.25) is 0 Å². The van der Waals surface area contributed by atoms with Gasteiger partial charge in [0.2, 0.25) is 0 Å². The molecule has 0 aliphatic heterocycles. The van der Waals surface area contributed by atoms with Crippen LogP contribution in [0.15, 0.2) is 72.8 Å². The summed E-state index contributed by atoms with van der Waals surface area (Å²) >= 11 is 0. The predicted octanol–water partition coefficient (Wildman–Crippen LogP) is 9.93. The number of aryl methyl sites for hydroxylation is 1. The number of halogens is 3. The molecule has 0 N–H and O–H groups in total. The summed E-state index contributed by atoms with van der Waals surface area (Å²) in [7, 11) is 0. The topological polar surface area (TPSA) is 0 Å². The third-order valence-corrected chi connectivity index (χ3v) is 7.03. The molecule has 0 spiro atoms. The van der Waals surface area contributed by atoms with E-state index in [4.69, 9.17) is 0 Å².